The van der Waals surface area contributed by atoms with Crippen LogP contribution in [0.4, 0.5) is 22.0 Å². The average Bonchev–Trinajstić information content (AvgIpc) is 2.77. The van der Waals surface area contributed by atoms with Gasteiger partial charge in [0.1, 0.15) is 23.5 Å². The van der Waals surface area contributed by atoms with E-state index >= 15 is 0 Å². The lowest BCUT2D eigenvalue weighted by atomic mass is 9.81. The second kappa shape index (κ2) is 9.23. The summed E-state index contributed by atoms with van der Waals surface area (Å²) in [5.74, 6) is -7.40. The van der Waals surface area contributed by atoms with Crippen molar-refractivity contribution >= 4 is 16.8 Å². The van der Waals surface area contributed by atoms with Crippen molar-refractivity contribution in [2.24, 2.45) is 5.92 Å². The number of nitrogens with one attached hydrogen (secondary N) is 2. The van der Waals surface area contributed by atoms with E-state index in [2.05, 4.69) is 15.3 Å². The molecule has 1 aliphatic rings. The predicted octanol–water partition coefficient (Wildman–Crippen LogP) is 3.75. The fraction of sp³-hybridized carbons (Fsp3) is 0.391. The summed E-state index contributed by atoms with van der Waals surface area (Å²) in [5, 5.41) is 2.24. The van der Waals surface area contributed by atoms with Gasteiger partial charge in [0.05, 0.1) is 28.8 Å². The minimum atomic E-state index is -2.95. The maximum absolute atomic E-state index is 14.2. The number of rotatable bonds is 5. The van der Waals surface area contributed by atoms with Gasteiger partial charge in [0.2, 0.25) is 11.8 Å². The summed E-state index contributed by atoms with van der Waals surface area (Å²) in [6.45, 7) is 1.36. The number of benzene rings is 1. The van der Waals surface area contributed by atoms with Crippen molar-refractivity contribution in [1.82, 2.24) is 19.9 Å². The number of nitrogens with zero attached hydrogens (tertiary/aromatic N) is 2. The van der Waals surface area contributed by atoms with Crippen LogP contribution in [0.2, 0.25) is 0 Å². The fourth-order valence-electron chi connectivity index (χ4n) is 4.48. The van der Waals surface area contributed by atoms with Gasteiger partial charge in [-0.15, -0.1) is 0 Å². The Labute approximate surface area is 195 Å². The van der Waals surface area contributed by atoms with Gasteiger partial charge in [0.15, 0.2) is 0 Å². The number of hydrogen-bond donors (Lipinski definition) is 2. The highest BCUT2D eigenvalue weighted by Crippen LogP contribution is 2.40. The topological polar surface area (TPSA) is 96.9 Å². The Hall–Kier alpha value is -3.57. The molecular formula is C23H21F5N4O3. The van der Waals surface area contributed by atoms with Crippen LogP contribution < -0.4 is 16.6 Å². The Bertz CT molecular complexity index is 1390. The molecule has 1 saturated carbocycles. The summed E-state index contributed by atoms with van der Waals surface area (Å²) < 4.78 is 69.4. The normalized spacial score (nSPS) is 17.8. The second-order valence-electron chi connectivity index (χ2n) is 8.68. The third-order valence-electron chi connectivity index (χ3n) is 6.25. The summed E-state index contributed by atoms with van der Waals surface area (Å²) in [4.78, 5) is 45.5. The van der Waals surface area contributed by atoms with Crippen molar-refractivity contribution < 1.29 is 26.7 Å². The Balaban J connectivity index is 1.77. The molecule has 0 saturated heterocycles. The molecule has 1 aliphatic carbocycles. The molecule has 2 atom stereocenters. The highest BCUT2D eigenvalue weighted by Gasteiger charge is 2.42. The van der Waals surface area contributed by atoms with Gasteiger partial charge in [-0.2, -0.15) is 0 Å². The van der Waals surface area contributed by atoms with E-state index in [4.69, 9.17) is 0 Å². The molecule has 186 valence electrons. The Morgan fingerprint density at radius 2 is 1.83 bits per heavy atom. The minimum Gasteiger partial charge on any atom is -0.346 e. The molecule has 0 bridgehead atoms. The molecule has 0 unspecified atom stereocenters. The number of hydrogen-bond acceptors (Lipinski definition) is 4. The smallest absolute Gasteiger partial charge is 0.329 e. The number of fused-ring (bicyclic) bond motifs is 1. The van der Waals surface area contributed by atoms with Crippen molar-refractivity contribution in [2.45, 2.75) is 50.6 Å². The van der Waals surface area contributed by atoms with Gasteiger partial charge in [-0.1, -0.05) is 0 Å². The number of alkyl halides is 2. The predicted molar refractivity (Wildman–Crippen MR) is 115 cm³/mol. The van der Waals surface area contributed by atoms with E-state index in [1.807, 2.05) is 0 Å². The number of carbonyl (C=O) groups is 1. The molecule has 0 spiro atoms. The highest BCUT2D eigenvalue weighted by molar-refractivity contribution is 5.82. The molecule has 1 aromatic carbocycles. The lowest BCUT2D eigenvalue weighted by Gasteiger charge is -2.34. The summed E-state index contributed by atoms with van der Waals surface area (Å²) in [6.07, 6.45) is -0.694. The third-order valence-corrected chi connectivity index (χ3v) is 6.25. The summed E-state index contributed by atoms with van der Waals surface area (Å²) in [7, 11) is 0. The molecule has 2 N–H and O–H groups in total. The first-order valence-corrected chi connectivity index (χ1v) is 10.9. The van der Waals surface area contributed by atoms with Crippen LogP contribution in [0.5, 0.6) is 0 Å². The van der Waals surface area contributed by atoms with E-state index in [1.165, 1.54) is 13.0 Å². The molecule has 7 nitrogen and oxygen atoms in total. The third kappa shape index (κ3) is 4.96. The number of amides is 1. The van der Waals surface area contributed by atoms with Crippen molar-refractivity contribution in [3.8, 4) is 0 Å². The van der Waals surface area contributed by atoms with Gasteiger partial charge in [-0.3, -0.25) is 14.6 Å². The van der Waals surface area contributed by atoms with Gasteiger partial charge >= 0.3 is 5.69 Å². The van der Waals surface area contributed by atoms with E-state index in [9.17, 15) is 36.3 Å². The van der Waals surface area contributed by atoms with Crippen LogP contribution in [0.25, 0.3) is 10.9 Å². The van der Waals surface area contributed by atoms with Gasteiger partial charge < -0.3 is 10.3 Å². The number of carbonyl (C=O) groups excluding carboxylic acids is 1. The quantitative estimate of drug-likeness (QED) is 0.526. The van der Waals surface area contributed by atoms with Crippen LogP contribution in [0.1, 0.15) is 50.4 Å². The Morgan fingerprint density at radius 3 is 2.49 bits per heavy atom. The lowest BCUT2D eigenvalue weighted by Crippen LogP contribution is -2.49. The van der Waals surface area contributed by atoms with Crippen LogP contribution in [-0.4, -0.2) is 26.4 Å². The number of aromatic amines is 1. The lowest BCUT2D eigenvalue weighted by molar-refractivity contribution is -0.129. The van der Waals surface area contributed by atoms with E-state index < -0.39 is 71.4 Å². The van der Waals surface area contributed by atoms with Gasteiger partial charge in [0.25, 0.3) is 5.56 Å². The Kier molecular flexibility index (Phi) is 6.48. The van der Waals surface area contributed by atoms with Crippen molar-refractivity contribution in [1.29, 1.82) is 0 Å². The largest absolute Gasteiger partial charge is 0.346 e. The fourth-order valence-corrected chi connectivity index (χ4v) is 4.48. The molecule has 35 heavy (non-hydrogen) atoms. The van der Waals surface area contributed by atoms with E-state index in [1.54, 1.807) is 0 Å². The zero-order chi connectivity index (χ0) is 25.5. The SMILES string of the molecule is C[C@@H](NC(=O)[C@@H](C1CCC(F)(F)CC1)n1c(=O)[nH]c2ccc(F)cc2c1=O)c1ncc(F)cc1F. The minimum absolute atomic E-state index is 0.0398. The molecule has 0 radical (unpaired) electrons. The second-order valence-corrected chi connectivity index (χ2v) is 8.68. The van der Waals surface area contributed by atoms with E-state index in [0.717, 1.165) is 18.3 Å². The summed E-state index contributed by atoms with van der Waals surface area (Å²) in [5.41, 5.74) is -2.21. The first-order valence-electron chi connectivity index (χ1n) is 10.9. The van der Waals surface area contributed by atoms with Crippen molar-refractivity contribution in [2.75, 3.05) is 0 Å². The molecule has 1 fully saturated rings. The summed E-state index contributed by atoms with van der Waals surface area (Å²) in [6, 6.07) is 1.07. The molecule has 1 amide bonds. The number of pyridine rings is 1. The first-order chi connectivity index (χ1) is 16.5. The monoisotopic (exact) mass is 496 g/mol. The molecule has 12 heteroatoms. The standard InChI is InChI=1S/C23H21F5N4O3/c1-11(18-16(26)9-14(25)10-29-18)30-20(33)19(12-4-6-23(27,28)7-5-12)32-21(34)15-8-13(24)2-3-17(15)31-22(32)35/h2-3,8-12,19H,4-7H2,1H3,(H,30,33)(H,31,35)/t11-,19-/m1/s1. The Morgan fingerprint density at radius 1 is 1.14 bits per heavy atom. The zero-order valence-electron chi connectivity index (χ0n) is 18.5. The van der Waals surface area contributed by atoms with Crippen LogP contribution in [0.15, 0.2) is 40.1 Å². The van der Waals surface area contributed by atoms with Crippen LogP contribution in [-0.2, 0) is 4.79 Å². The molecular weight excluding hydrogens is 475 g/mol. The van der Waals surface area contributed by atoms with Gasteiger partial charge in [-0.25, -0.2) is 31.3 Å². The maximum Gasteiger partial charge on any atom is 0.329 e. The molecule has 4 rings (SSSR count). The van der Waals surface area contributed by atoms with Crippen LogP contribution in [0, 0.1) is 23.4 Å². The number of aromatic nitrogens is 3. The van der Waals surface area contributed by atoms with E-state index in [-0.39, 0.29) is 29.4 Å². The molecule has 2 aromatic heterocycles. The maximum atomic E-state index is 14.2. The number of H-pyrrole nitrogens is 1. The van der Waals surface area contributed by atoms with Crippen LogP contribution in [0.3, 0.4) is 0 Å². The molecule has 0 aliphatic heterocycles. The molecule has 2 heterocycles. The van der Waals surface area contributed by atoms with Crippen molar-refractivity contribution in [3.63, 3.8) is 0 Å². The average molecular weight is 496 g/mol. The molecule has 3 aromatic rings. The van der Waals surface area contributed by atoms with Gasteiger partial charge in [0, 0.05) is 18.9 Å². The summed E-state index contributed by atoms with van der Waals surface area (Å²) >= 11 is 0. The van der Waals surface area contributed by atoms with Crippen LogP contribution >= 0.6 is 0 Å². The van der Waals surface area contributed by atoms with E-state index in [0.29, 0.717) is 10.6 Å². The zero-order valence-corrected chi connectivity index (χ0v) is 18.5. The number of halogens is 5. The first kappa shape index (κ1) is 24.6. The highest BCUT2D eigenvalue weighted by atomic mass is 19.3. The van der Waals surface area contributed by atoms with Gasteiger partial charge in [-0.05, 0) is 43.9 Å². The van der Waals surface area contributed by atoms with Crippen molar-refractivity contribution in [3.05, 3.63) is 74.4 Å².